The second-order valence-electron chi connectivity index (χ2n) is 3.00. The minimum absolute atomic E-state index is 0.656. The molecule has 1 aromatic heterocycles. The molecule has 0 spiro atoms. The van der Waals surface area contributed by atoms with Gasteiger partial charge in [0.15, 0.2) is 3.95 Å². The van der Waals surface area contributed by atoms with E-state index in [1.54, 1.807) is 0 Å². The van der Waals surface area contributed by atoms with Crippen LogP contribution in [0.25, 0.3) is 0 Å². The van der Waals surface area contributed by atoms with Gasteiger partial charge in [0.1, 0.15) is 5.75 Å². The first-order valence-corrected chi connectivity index (χ1v) is 6.06. The van der Waals surface area contributed by atoms with Gasteiger partial charge in [-0.1, -0.05) is 17.4 Å². The van der Waals surface area contributed by atoms with E-state index < -0.39 is 0 Å². The van der Waals surface area contributed by atoms with Crippen LogP contribution >= 0.6 is 23.6 Å². The normalized spacial score (nSPS) is 10.1. The number of aromatic nitrogens is 2. The lowest BCUT2D eigenvalue weighted by atomic mass is 10.3. The van der Waals surface area contributed by atoms with Gasteiger partial charge in [0, 0.05) is 11.8 Å². The highest BCUT2D eigenvalue weighted by Gasteiger charge is 1.99. The van der Waals surface area contributed by atoms with Crippen molar-refractivity contribution in [1.82, 2.24) is 10.2 Å². The van der Waals surface area contributed by atoms with Crippen molar-refractivity contribution in [3.05, 3.63) is 28.2 Å². The smallest absolute Gasteiger partial charge is 0.208 e. The van der Waals surface area contributed by atoms with Crippen LogP contribution in [0.2, 0.25) is 0 Å². The number of nitrogens with one attached hydrogen (secondary N) is 2. The van der Waals surface area contributed by atoms with E-state index in [1.165, 1.54) is 11.3 Å². The summed E-state index contributed by atoms with van der Waals surface area (Å²) >= 11 is 6.35. The predicted molar refractivity (Wildman–Crippen MR) is 68.2 cm³/mol. The number of rotatable bonds is 4. The standard InChI is InChI=1S/C10H11N3OS2/c1-2-14-8-5-3-4-7(6-8)11-9-12-13-10(15)16-9/h3-6H,2H2,1H3,(H,11,12)(H,13,15). The number of benzene rings is 1. The van der Waals surface area contributed by atoms with Gasteiger partial charge in [-0.05, 0) is 31.3 Å². The third kappa shape index (κ3) is 2.80. The van der Waals surface area contributed by atoms with Crippen molar-refractivity contribution < 1.29 is 4.74 Å². The largest absolute Gasteiger partial charge is 0.494 e. The van der Waals surface area contributed by atoms with Gasteiger partial charge in [0.05, 0.1) is 6.61 Å². The summed E-state index contributed by atoms with van der Waals surface area (Å²) in [6.45, 7) is 2.62. The number of hydrogen-bond donors (Lipinski definition) is 2. The maximum Gasteiger partial charge on any atom is 0.208 e. The zero-order valence-electron chi connectivity index (χ0n) is 8.69. The lowest BCUT2D eigenvalue weighted by Crippen LogP contribution is -1.93. The van der Waals surface area contributed by atoms with Crippen LogP contribution in [-0.2, 0) is 0 Å². The van der Waals surface area contributed by atoms with Crippen LogP contribution in [0.4, 0.5) is 10.8 Å². The molecule has 1 aromatic carbocycles. The summed E-state index contributed by atoms with van der Waals surface area (Å²) in [6.07, 6.45) is 0. The maximum absolute atomic E-state index is 5.40. The molecule has 0 unspecified atom stereocenters. The summed E-state index contributed by atoms with van der Waals surface area (Å²) in [5.41, 5.74) is 0.934. The topological polar surface area (TPSA) is 49.9 Å². The molecule has 4 nitrogen and oxygen atoms in total. The van der Waals surface area contributed by atoms with E-state index in [-0.39, 0.29) is 0 Å². The fourth-order valence-corrected chi connectivity index (χ4v) is 2.05. The van der Waals surface area contributed by atoms with E-state index in [1.807, 2.05) is 31.2 Å². The molecule has 0 fully saturated rings. The predicted octanol–water partition coefficient (Wildman–Crippen LogP) is 3.34. The third-order valence-corrected chi connectivity index (χ3v) is 2.84. The third-order valence-electron chi connectivity index (χ3n) is 1.83. The highest BCUT2D eigenvalue weighted by atomic mass is 32.1. The molecular formula is C10H11N3OS2. The Morgan fingerprint density at radius 2 is 2.44 bits per heavy atom. The molecule has 84 valence electrons. The fraction of sp³-hybridized carbons (Fsp3) is 0.200. The van der Waals surface area contributed by atoms with E-state index in [2.05, 4.69) is 15.5 Å². The van der Waals surface area contributed by atoms with Crippen LogP contribution < -0.4 is 10.1 Å². The quantitative estimate of drug-likeness (QED) is 0.820. The number of H-pyrrole nitrogens is 1. The summed E-state index contributed by atoms with van der Waals surface area (Å²) < 4.78 is 6.06. The highest BCUT2D eigenvalue weighted by Crippen LogP contribution is 2.22. The second-order valence-corrected chi connectivity index (χ2v) is 4.67. The molecule has 2 N–H and O–H groups in total. The minimum atomic E-state index is 0.656. The zero-order chi connectivity index (χ0) is 11.4. The van der Waals surface area contributed by atoms with Gasteiger partial charge in [-0.3, -0.25) is 5.10 Å². The first kappa shape index (κ1) is 11.1. The Kier molecular flexibility index (Phi) is 3.53. The maximum atomic E-state index is 5.40. The second kappa shape index (κ2) is 5.09. The zero-order valence-corrected chi connectivity index (χ0v) is 10.3. The van der Waals surface area contributed by atoms with Crippen molar-refractivity contribution >= 4 is 34.4 Å². The average molecular weight is 253 g/mol. The molecular weight excluding hydrogens is 242 g/mol. The Morgan fingerprint density at radius 1 is 1.56 bits per heavy atom. The van der Waals surface area contributed by atoms with E-state index >= 15 is 0 Å². The lowest BCUT2D eigenvalue weighted by Gasteiger charge is -2.05. The monoisotopic (exact) mass is 253 g/mol. The molecule has 0 bridgehead atoms. The molecule has 6 heteroatoms. The van der Waals surface area contributed by atoms with Gasteiger partial charge in [0.25, 0.3) is 0 Å². The van der Waals surface area contributed by atoms with Crippen LogP contribution in [-0.4, -0.2) is 16.8 Å². The Hall–Kier alpha value is -1.40. The summed E-state index contributed by atoms with van der Waals surface area (Å²) in [7, 11) is 0. The minimum Gasteiger partial charge on any atom is -0.494 e. The summed E-state index contributed by atoms with van der Waals surface area (Å²) in [6, 6.07) is 7.72. The Bertz CT molecular complexity index is 521. The van der Waals surface area contributed by atoms with Crippen molar-refractivity contribution in [2.24, 2.45) is 0 Å². The number of aromatic amines is 1. The van der Waals surface area contributed by atoms with Crippen molar-refractivity contribution in [2.45, 2.75) is 6.92 Å². The summed E-state index contributed by atoms with van der Waals surface area (Å²) in [5.74, 6) is 0.839. The molecule has 0 radical (unpaired) electrons. The molecule has 0 aliphatic carbocycles. The van der Waals surface area contributed by atoms with Crippen LogP contribution in [0.5, 0.6) is 5.75 Å². The molecule has 0 saturated heterocycles. The number of anilines is 2. The lowest BCUT2D eigenvalue weighted by molar-refractivity contribution is 0.340. The van der Waals surface area contributed by atoms with Gasteiger partial charge in [-0.15, -0.1) is 5.10 Å². The summed E-state index contributed by atoms with van der Waals surface area (Å²) in [4.78, 5) is 0. The van der Waals surface area contributed by atoms with E-state index in [0.717, 1.165) is 16.6 Å². The van der Waals surface area contributed by atoms with E-state index in [4.69, 9.17) is 17.0 Å². The molecule has 2 aromatic rings. The molecule has 0 aliphatic heterocycles. The molecule has 16 heavy (non-hydrogen) atoms. The number of nitrogens with zero attached hydrogens (tertiary/aromatic N) is 1. The number of hydrogen-bond acceptors (Lipinski definition) is 5. The van der Waals surface area contributed by atoms with E-state index in [9.17, 15) is 0 Å². The van der Waals surface area contributed by atoms with Crippen LogP contribution in [0.3, 0.4) is 0 Å². The van der Waals surface area contributed by atoms with Gasteiger partial charge in [-0.2, -0.15) is 0 Å². The van der Waals surface area contributed by atoms with Crippen molar-refractivity contribution in [1.29, 1.82) is 0 Å². The van der Waals surface area contributed by atoms with Crippen molar-refractivity contribution in [2.75, 3.05) is 11.9 Å². The molecule has 1 heterocycles. The van der Waals surface area contributed by atoms with Crippen molar-refractivity contribution in [3.8, 4) is 5.75 Å². The Labute approximate surface area is 102 Å². The van der Waals surface area contributed by atoms with Gasteiger partial charge < -0.3 is 10.1 Å². The van der Waals surface area contributed by atoms with E-state index in [0.29, 0.717) is 10.6 Å². The highest BCUT2D eigenvalue weighted by molar-refractivity contribution is 7.73. The Balaban J connectivity index is 2.15. The van der Waals surface area contributed by atoms with Crippen molar-refractivity contribution in [3.63, 3.8) is 0 Å². The van der Waals surface area contributed by atoms with Gasteiger partial charge >= 0.3 is 0 Å². The SMILES string of the molecule is CCOc1cccc(Nc2n[nH]c(=S)s2)c1. The molecule has 0 aliphatic rings. The molecule has 0 saturated carbocycles. The van der Waals surface area contributed by atoms with Crippen LogP contribution in [0.15, 0.2) is 24.3 Å². The van der Waals surface area contributed by atoms with Crippen LogP contribution in [0.1, 0.15) is 6.92 Å². The van der Waals surface area contributed by atoms with Gasteiger partial charge in [0.2, 0.25) is 5.13 Å². The first-order chi connectivity index (χ1) is 7.78. The fourth-order valence-electron chi connectivity index (χ4n) is 1.24. The van der Waals surface area contributed by atoms with Crippen LogP contribution in [0, 0.1) is 3.95 Å². The molecule has 0 amide bonds. The Morgan fingerprint density at radius 3 is 3.12 bits per heavy atom. The molecule has 0 atom stereocenters. The van der Waals surface area contributed by atoms with Gasteiger partial charge in [-0.25, -0.2) is 0 Å². The number of ether oxygens (including phenoxy) is 1. The first-order valence-electron chi connectivity index (χ1n) is 4.83. The summed E-state index contributed by atoms with van der Waals surface area (Å²) in [5, 5.41) is 10.6. The molecule has 2 rings (SSSR count). The average Bonchev–Trinajstić information content (AvgIpc) is 2.65.